The number of nitrogens with zero attached hydrogens (tertiary/aromatic N) is 4. The minimum Gasteiger partial charge on any atom is -0.406 e. The average Bonchev–Trinajstić information content (AvgIpc) is 3.47. The molecular formula is C32H17F3N4O. The first kappa shape index (κ1) is 26.1. The van der Waals surface area contributed by atoms with E-state index in [1.165, 1.54) is 24.3 Å². The second kappa shape index (κ2) is 9.95. The summed E-state index contributed by atoms with van der Waals surface area (Å²) in [6, 6.07) is 21.0. The quantitative estimate of drug-likeness (QED) is 0.318. The van der Waals surface area contributed by atoms with E-state index in [4.69, 9.17) is 13.1 Å². The third-order valence-corrected chi connectivity index (χ3v) is 6.93. The smallest absolute Gasteiger partial charge is 0.406 e. The van der Waals surface area contributed by atoms with Crippen LogP contribution in [0.1, 0.15) is 27.8 Å². The molecule has 0 bridgehead atoms. The molecule has 3 aromatic carbocycles. The number of hydrogen-bond acceptors (Lipinski definition) is 3. The molecule has 8 heteroatoms. The Balaban J connectivity index is 1.80. The third kappa shape index (κ3) is 4.60. The summed E-state index contributed by atoms with van der Waals surface area (Å²) >= 11 is 0. The molecule has 0 aliphatic heterocycles. The van der Waals surface area contributed by atoms with Gasteiger partial charge in [-0.15, -0.1) is 13.2 Å². The van der Waals surface area contributed by atoms with Crippen LogP contribution in [0.5, 0.6) is 5.75 Å². The van der Waals surface area contributed by atoms with Gasteiger partial charge in [-0.2, -0.15) is 20.2 Å². The van der Waals surface area contributed by atoms with Crippen molar-refractivity contribution in [3.05, 3.63) is 144 Å². The van der Waals surface area contributed by atoms with Gasteiger partial charge < -0.3 is 4.74 Å². The Hall–Kier alpha value is -5.57. The first-order valence-corrected chi connectivity index (χ1v) is 12.0. The van der Waals surface area contributed by atoms with Crippen molar-refractivity contribution >= 4 is 11.1 Å². The maximum atomic E-state index is 12.7. The van der Waals surface area contributed by atoms with Gasteiger partial charge in [0.15, 0.2) is 0 Å². The third-order valence-electron chi connectivity index (χ3n) is 6.93. The average molecular weight is 531 g/mol. The van der Waals surface area contributed by atoms with Gasteiger partial charge in [-0.05, 0) is 87.0 Å². The fourth-order valence-corrected chi connectivity index (χ4v) is 5.26. The van der Waals surface area contributed by atoms with Crippen molar-refractivity contribution < 1.29 is 17.9 Å². The Morgan fingerprint density at radius 3 is 1.75 bits per heavy atom. The molecule has 3 aromatic rings. The monoisotopic (exact) mass is 530 g/mol. The molecule has 0 amide bonds. The molecule has 2 aliphatic rings. The summed E-state index contributed by atoms with van der Waals surface area (Å²) in [5.41, 5.74) is 6.61. The molecule has 0 N–H and O–H groups in total. The summed E-state index contributed by atoms with van der Waals surface area (Å²) in [6.45, 7) is 17.1. The van der Waals surface area contributed by atoms with E-state index in [0.717, 1.165) is 38.3 Å². The van der Waals surface area contributed by atoms with Crippen molar-refractivity contribution in [3.63, 3.8) is 0 Å². The van der Waals surface area contributed by atoms with Crippen LogP contribution in [0.15, 0.2) is 83.2 Å². The van der Waals surface area contributed by atoms with Gasteiger partial charge >= 0.3 is 12.2 Å². The zero-order chi connectivity index (χ0) is 28.6. The summed E-state index contributed by atoms with van der Waals surface area (Å²) < 4.78 is 42.1. The summed E-state index contributed by atoms with van der Waals surface area (Å²) in [7, 11) is 0. The molecule has 0 saturated heterocycles. The van der Waals surface area contributed by atoms with Crippen LogP contribution in [0.25, 0.3) is 20.8 Å². The Morgan fingerprint density at radius 2 is 1.27 bits per heavy atom. The normalized spacial score (nSPS) is 13.5. The Bertz CT molecular complexity index is 1900. The molecule has 0 fully saturated rings. The number of halogens is 3. The molecule has 0 heterocycles. The number of benzene rings is 3. The topological polar surface area (TPSA) is 65.5 Å². The Kier molecular flexibility index (Phi) is 6.48. The van der Waals surface area contributed by atoms with E-state index in [1.54, 1.807) is 0 Å². The number of ether oxygens (including phenoxy) is 1. The Labute approximate surface area is 227 Å². The standard InChI is InChI=1S/C32H17F3N4O/c1-18-4-6-19(7-5-18)30-26-12-21-14-27(23(16-36)17-37)29(20-8-10-24(11-9-20)40-32(33,34)35)25(21)13-22(26)15-28(30)31(38-2)39-3/h4-13H,14-15H2,1H3. The van der Waals surface area contributed by atoms with Crippen molar-refractivity contribution in [1.82, 2.24) is 0 Å². The number of fused-ring (bicyclic) bond motifs is 2. The Morgan fingerprint density at radius 1 is 0.800 bits per heavy atom. The van der Waals surface area contributed by atoms with Crippen LogP contribution in [0.4, 0.5) is 13.2 Å². The first-order chi connectivity index (χ1) is 19.2. The summed E-state index contributed by atoms with van der Waals surface area (Å²) in [4.78, 5) is 6.95. The second-order valence-corrected chi connectivity index (χ2v) is 9.31. The summed E-state index contributed by atoms with van der Waals surface area (Å²) in [5.74, 6) is -0.387. The second-order valence-electron chi connectivity index (χ2n) is 9.31. The molecule has 0 spiro atoms. The molecule has 40 heavy (non-hydrogen) atoms. The van der Waals surface area contributed by atoms with Gasteiger partial charge in [-0.3, -0.25) is 0 Å². The van der Waals surface area contributed by atoms with Crippen molar-refractivity contribution in [1.29, 1.82) is 10.5 Å². The molecule has 192 valence electrons. The van der Waals surface area contributed by atoms with Crippen LogP contribution in [-0.4, -0.2) is 6.36 Å². The van der Waals surface area contributed by atoms with E-state index in [0.29, 0.717) is 28.7 Å². The van der Waals surface area contributed by atoms with E-state index in [-0.39, 0.29) is 23.6 Å². The molecule has 0 aromatic heterocycles. The van der Waals surface area contributed by atoms with E-state index in [1.807, 2.05) is 55.5 Å². The van der Waals surface area contributed by atoms with Crippen LogP contribution in [-0.2, 0) is 12.8 Å². The lowest BCUT2D eigenvalue weighted by molar-refractivity contribution is -0.274. The van der Waals surface area contributed by atoms with Gasteiger partial charge in [-0.25, -0.2) is 0 Å². The fraction of sp³-hybridized carbons (Fsp3) is 0.125. The number of hydrogen-bond donors (Lipinski definition) is 0. The van der Waals surface area contributed by atoms with Gasteiger partial charge in [-0.1, -0.05) is 42.0 Å². The van der Waals surface area contributed by atoms with Gasteiger partial charge in [0.25, 0.3) is 0 Å². The van der Waals surface area contributed by atoms with Gasteiger partial charge in [0.2, 0.25) is 0 Å². The maximum Gasteiger partial charge on any atom is 0.573 e. The number of nitriles is 2. The largest absolute Gasteiger partial charge is 0.573 e. The predicted octanol–water partition coefficient (Wildman–Crippen LogP) is 5.80. The highest BCUT2D eigenvalue weighted by atomic mass is 19.4. The fourth-order valence-electron chi connectivity index (χ4n) is 5.26. The molecule has 0 unspecified atom stereocenters. The number of alkyl halides is 3. The molecule has 5 nitrogen and oxygen atoms in total. The molecular weight excluding hydrogens is 513 g/mol. The van der Waals surface area contributed by atoms with E-state index in [9.17, 15) is 23.7 Å². The predicted molar refractivity (Wildman–Crippen MR) is 141 cm³/mol. The first-order valence-electron chi connectivity index (χ1n) is 12.0. The molecule has 5 rings (SSSR count). The van der Waals surface area contributed by atoms with Gasteiger partial charge in [0.05, 0.1) is 5.57 Å². The van der Waals surface area contributed by atoms with Crippen LogP contribution < -0.4 is 15.2 Å². The number of aryl methyl sites for hydroxylation is 1. The molecule has 2 aliphatic carbocycles. The lowest BCUT2D eigenvalue weighted by Gasteiger charge is -2.11. The number of allylic oxidation sites excluding steroid dienone is 3. The van der Waals surface area contributed by atoms with E-state index in [2.05, 4.69) is 14.4 Å². The van der Waals surface area contributed by atoms with Crippen LogP contribution in [0.2, 0.25) is 0 Å². The van der Waals surface area contributed by atoms with E-state index < -0.39 is 6.36 Å². The van der Waals surface area contributed by atoms with Crippen molar-refractivity contribution in [2.75, 3.05) is 0 Å². The van der Waals surface area contributed by atoms with Crippen LogP contribution in [0, 0.1) is 42.7 Å². The highest BCUT2D eigenvalue weighted by molar-refractivity contribution is 5.88. The van der Waals surface area contributed by atoms with Crippen LogP contribution in [0.3, 0.4) is 0 Å². The zero-order valence-corrected chi connectivity index (χ0v) is 21.0. The highest BCUT2D eigenvalue weighted by Gasteiger charge is 2.32. The SMILES string of the molecule is [C-]#[N+]C([N+]#[C-])=C1Cc2cc3c(cc2=C1c1ccc(C)cc1)CC(=C(C#N)C#N)C=3c1ccc(OC(F)(F)F)cc1. The lowest BCUT2D eigenvalue weighted by atomic mass is 9.95. The summed E-state index contributed by atoms with van der Waals surface area (Å²) in [6.07, 6.45) is -4.21. The van der Waals surface area contributed by atoms with Gasteiger partial charge in [0, 0.05) is 6.42 Å². The lowest BCUT2D eigenvalue weighted by Crippen LogP contribution is -2.17. The molecule has 0 saturated carbocycles. The minimum atomic E-state index is -4.83. The van der Waals surface area contributed by atoms with Crippen molar-refractivity contribution in [2.24, 2.45) is 0 Å². The minimum absolute atomic E-state index is 0.00627. The highest BCUT2D eigenvalue weighted by Crippen LogP contribution is 2.35. The van der Waals surface area contributed by atoms with E-state index >= 15 is 0 Å². The molecule has 0 radical (unpaired) electrons. The summed E-state index contributed by atoms with van der Waals surface area (Å²) in [5, 5.41) is 21.0. The van der Waals surface area contributed by atoms with Crippen molar-refractivity contribution in [3.8, 4) is 17.9 Å². The maximum absolute atomic E-state index is 12.7. The molecule has 0 atom stereocenters. The van der Waals surface area contributed by atoms with Crippen molar-refractivity contribution in [2.45, 2.75) is 26.1 Å². The number of rotatable bonds is 3. The van der Waals surface area contributed by atoms with Gasteiger partial charge in [0.1, 0.15) is 36.6 Å². The zero-order valence-electron chi connectivity index (χ0n) is 21.0. The van der Waals surface area contributed by atoms with Crippen LogP contribution >= 0.6 is 0 Å².